The summed E-state index contributed by atoms with van der Waals surface area (Å²) in [5.41, 5.74) is 1.05. The number of rotatable bonds is 3. The van der Waals surface area contributed by atoms with Gasteiger partial charge in [0.15, 0.2) is 0 Å². The van der Waals surface area contributed by atoms with Gasteiger partial charge in [0, 0.05) is 10.5 Å². The van der Waals surface area contributed by atoms with Crippen molar-refractivity contribution in [1.29, 1.82) is 0 Å². The summed E-state index contributed by atoms with van der Waals surface area (Å²) in [5.74, 6) is 1.36. The summed E-state index contributed by atoms with van der Waals surface area (Å²) in [7, 11) is 1.66. The van der Waals surface area contributed by atoms with Crippen molar-refractivity contribution < 1.29 is 4.74 Å². The fourth-order valence-corrected chi connectivity index (χ4v) is 1.66. The van der Waals surface area contributed by atoms with Crippen molar-refractivity contribution in [2.24, 2.45) is 0 Å². The molecule has 0 saturated carbocycles. The first kappa shape index (κ1) is 9.75. The minimum atomic E-state index is 0.498. The van der Waals surface area contributed by atoms with Crippen molar-refractivity contribution >= 4 is 23.4 Å². The highest BCUT2D eigenvalue weighted by Crippen LogP contribution is 2.25. The van der Waals surface area contributed by atoms with E-state index >= 15 is 0 Å². The van der Waals surface area contributed by atoms with E-state index in [1.54, 1.807) is 18.9 Å². The molecule has 12 heavy (non-hydrogen) atoms. The van der Waals surface area contributed by atoms with Crippen LogP contribution in [0.15, 0.2) is 23.1 Å². The first-order valence-corrected chi connectivity index (χ1v) is 5.34. The van der Waals surface area contributed by atoms with Gasteiger partial charge < -0.3 is 4.74 Å². The fraction of sp³-hybridized carbons (Fsp3) is 0.333. The van der Waals surface area contributed by atoms with Crippen LogP contribution in [0.1, 0.15) is 5.56 Å². The number of benzene rings is 1. The summed E-state index contributed by atoms with van der Waals surface area (Å²) in [6.07, 6.45) is 2.04. The third kappa shape index (κ3) is 2.08. The van der Waals surface area contributed by atoms with Crippen molar-refractivity contribution in [3.8, 4) is 5.75 Å². The van der Waals surface area contributed by atoms with E-state index < -0.39 is 0 Å². The molecule has 0 aromatic heterocycles. The van der Waals surface area contributed by atoms with Crippen LogP contribution in [0.5, 0.6) is 5.75 Å². The highest BCUT2D eigenvalue weighted by Gasteiger charge is 2.01. The number of methoxy groups -OCH3 is 1. The maximum Gasteiger partial charge on any atom is 0.123 e. The Morgan fingerprint density at radius 1 is 1.50 bits per heavy atom. The summed E-state index contributed by atoms with van der Waals surface area (Å²) in [5, 5.41) is 0. The van der Waals surface area contributed by atoms with Gasteiger partial charge in [-0.05, 0) is 24.5 Å². The molecule has 66 valence electrons. The van der Waals surface area contributed by atoms with E-state index in [9.17, 15) is 0 Å². The van der Waals surface area contributed by atoms with Crippen LogP contribution in [0.2, 0.25) is 0 Å². The van der Waals surface area contributed by atoms with Gasteiger partial charge in [-0.1, -0.05) is 0 Å². The van der Waals surface area contributed by atoms with Gasteiger partial charge in [0.25, 0.3) is 0 Å². The zero-order valence-electron chi connectivity index (χ0n) is 7.13. The molecule has 0 heterocycles. The second-order valence-corrected chi connectivity index (χ2v) is 3.46. The monoisotopic (exact) mass is 202 g/mol. The molecule has 0 spiro atoms. The van der Waals surface area contributed by atoms with Crippen molar-refractivity contribution in [2.45, 2.75) is 10.8 Å². The lowest BCUT2D eigenvalue weighted by molar-refractivity contribution is 0.411. The number of ether oxygens (including phenoxy) is 1. The predicted octanol–water partition coefficient (Wildman–Crippen LogP) is 3.16. The molecule has 1 aromatic rings. The zero-order chi connectivity index (χ0) is 8.97. The molecule has 0 fully saturated rings. The van der Waals surface area contributed by atoms with E-state index in [1.807, 2.05) is 18.4 Å². The van der Waals surface area contributed by atoms with Crippen LogP contribution >= 0.6 is 23.4 Å². The van der Waals surface area contributed by atoms with Crippen molar-refractivity contribution in [3.05, 3.63) is 23.8 Å². The lowest BCUT2D eigenvalue weighted by Gasteiger charge is -2.06. The first-order chi connectivity index (χ1) is 5.81. The molecule has 1 rings (SSSR count). The van der Waals surface area contributed by atoms with E-state index in [4.69, 9.17) is 16.3 Å². The van der Waals surface area contributed by atoms with E-state index in [0.29, 0.717) is 5.88 Å². The quantitative estimate of drug-likeness (QED) is 0.550. The third-order valence-electron chi connectivity index (χ3n) is 1.63. The minimum Gasteiger partial charge on any atom is -0.496 e. The summed E-state index contributed by atoms with van der Waals surface area (Å²) in [4.78, 5) is 1.21. The Balaban J connectivity index is 3.02. The van der Waals surface area contributed by atoms with Gasteiger partial charge in [0.05, 0.1) is 13.0 Å². The summed E-state index contributed by atoms with van der Waals surface area (Å²) in [6, 6.07) is 6.03. The topological polar surface area (TPSA) is 9.23 Å². The van der Waals surface area contributed by atoms with Crippen LogP contribution in [0, 0.1) is 0 Å². The molecule has 0 atom stereocenters. The summed E-state index contributed by atoms with van der Waals surface area (Å²) >= 11 is 7.45. The van der Waals surface area contributed by atoms with Crippen molar-refractivity contribution in [3.63, 3.8) is 0 Å². The maximum absolute atomic E-state index is 5.75. The van der Waals surface area contributed by atoms with Crippen LogP contribution in [-0.2, 0) is 5.88 Å². The van der Waals surface area contributed by atoms with E-state index in [2.05, 4.69) is 6.07 Å². The molecule has 0 radical (unpaired) electrons. The lowest BCUT2D eigenvalue weighted by atomic mass is 10.2. The second kappa shape index (κ2) is 4.63. The number of hydrogen-bond donors (Lipinski definition) is 0. The highest BCUT2D eigenvalue weighted by molar-refractivity contribution is 7.98. The number of hydrogen-bond acceptors (Lipinski definition) is 2. The predicted molar refractivity (Wildman–Crippen MR) is 54.3 cm³/mol. The summed E-state index contributed by atoms with van der Waals surface area (Å²) in [6.45, 7) is 0. The lowest BCUT2D eigenvalue weighted by Crippen LogP contribution is -1.89. The van der Waals surface area contributed by atoms with Gasteiger partial charge in [0.2, 0.25) is 0 Å². The largest absolute Gasteiger partial charge is 0.496 e. The number of alkyl halides is 1. The molecule has 3 heteroatoms. The fourth-order valence-electron chi connectivity index (χ4n) is 0.986. The average Bonchev–Trinajstić information content (AvgIpc) is 2.16. The molecule has 1 nitrogen and oxygen atoms in total. The SMILES string of the molecule is COc1ccc(SC)cc1CCl. The molecule has 0 unspecified atom stereocenters. The van der Waals surface area contributed by atoms with E-state index in [0.717, 1.165) is 11.3 Å². The van der Waals surface area contributed by atoms with Gasteiger partial charge in [-0.25, -0.2) is 0 Å². The Morgan fingerprint density at radius 3 is 2.75 bits per heavy atom. The molecule has 0 N–H and O–H groups in total. The summed E-state index contributed by atoms with van der Waals surface area (Å²) < 4.78 is 5.14. The number of halogens is 1. The van der Waals surface area contributed by atoms with Gasteiger partial charge in [-0.3, -0.25) is 0 Å². The minimum absolute atomic E-state index is 0.498. The second-order valence-electron chi connectivity index (χ2n) is 2.31. The molecule has 0 saturated heterocycles. The van der Waals surface area contributed by atoms with Crippen LogP contribution in [0.25, 0.3) is 0 Å². The Labute approximate surface area is 82.1 Å². The molecular formula is C9H11ClOS. The van der Waals surface area contributed by atoms with Crippen LogP contribution < -0.4 is 4.74 Å². The standard InChI is InChI=1S/C9H11ClOS/c1-11-9-4-3-8(12-2)5-7(9)6-10/h3-5H,6H2,1-2H3. The average molecular weight is 203 g/mol. The van der Waals surface area contributed by atoms with Gasteiger partial charge in [-0.15, -0.1) is 23.4 Å². The molecule has 0 aliphatic heterocycles. The van der Waals surface area contributed by atoms with Gasteiger partial charge in [-0.2, -0.15) is 0 Å². The molecule has 0 amide bonds. The molecule has 0 aliphatic carbocycles. The highest BCUT2D eigenvalue weighted by atomic mass is 35.5. The zero-order valence-corrected chi connectivity index (χ0v) is 8.71. The van der Waals surface area contributed by atoms with Gasteiger partial charge in [0.1, 0.15) is 5.75 Å². The van der Waals surface area contributed by atoms with Crippen molar-refractivity contribution in [2.75, 3.05) is 13.4 Å². The normalized spacial score (nSPS) is 9.92. The van der Waals surface area contributed by atoms with E-state index in [1.165, 1.54) is 4.90 Å². The van der Waals surface area contributed by atoms with E-state index in [-0.39, 0.29) is 0 Å². The third-order valence-corrected chi connectivity index (χ3v) is 2.64. The first-order valence-electron chi connectivity index (χ1n) is 3.58. The molecule has 1 aromatic carbocycles. The van der Waals surface area contributed by atoms with Crippen LogP contribution in [0.3, 0.4) is 0 Å². The van der Waals surface area contributed by atoms with Crippen LogP contribution in [0.4, 0.5) is 0 Å². The van der Waals surface area contributed by atoms with Crippen LogP contribution in [-0.4, -0.2) is 13.4 Å². The Morgan fingerprint density at radius 2 is 2.25 bits per heavy atom. The Bertz CT molecular complexity index is 263. The Kier molecular flexibility index (Phi) is 3.76. The maximum atomic E-state index is 5.75. The molecule has 0 bridgehead atoms. The van der Waals surface area contributed by atoms with Crippen molar-refractivity contribution in [1.82, 2.24) is 0 Å². The van der Waals surface area contributed by atoms with Gasteiger partial charge >= 0.3 is 0 Å². The smallest absolute Gasteiger partial charge is 0.123 e. The Hall–Kier alpha value is -0.340. The molecular weight excluding hydrogens is 192 g/mol. The number of thioether (sulfide) groups is 1. The molecule has 0 aliphatic rings.